The minimum Gasteiger partial charge on any atom is -0.481 e. The van der Waals surface area contributed by atoms with E-state index in [1.807, 2.05) is 0 Å². The van der Waals surface area contributed by atoms with Crippen LogP contribution in [0.2, 0.25) is 0 Å². The molecule has 1 amide bonds. The van der Waals surface area contributed by atoms with Gasteiger partial charge in [-0.05, 0) is 24.6 Å². The predicted octanol–water partition coefficient (Wildman–Crippen LogP) is 2.64. The van der Waals surface area contributed by atoms with Crippen LogP contribution in [-0.2, 0) is 9.59 Å². The zero-order valence-electron chi connectivity index (χ0n) is 10.8. The Morgan fingerprint density at radius 3 is 2.11 bits per heavy atom. The molecule has 0 aromatic heterocycles. The van der Waals surface area contributed by atoms with Crippen LogP contribution in [0.15, 0.2) is 0 Å². The lowest BCUT2D eigenvalue weighted by Gasteiger charge is -2.25. The molecule has 0 saturated carbocycles. The molecule has 0 heterocycles. The van der Waals surface area contributed by atoms with Crippen molar-refractivity contribution in [1.29, 1.82) is 0 Å². The Balaban J connectivity index is 4.19. The number of rotatable bonds is 8. The highest BCUT2D eigenvalue weighted by Crippen LogP contribution is 2.31. The molecule has 0 bridgehead atoms. The van der Waals surface area contributed by atoms with Gasteiger partial charge in [0.2, 0.25) is 5.91 Å². The van der Waals surface area contributed by atoms with Crippen molar-refractivity contribution in [3.05, 3.63) is 0 Å². The minimum absolute atomic E-state index is 0.133. The highest BCUT2D eigenvalue weighted by atomic mass is 32.2. The van der Waals surface area contributed by atoms with Gasteiger partial charge in [-0.1, -0.05) is 13.8 Å². The molecule has 0 aromatic rings. The lowest BCUT2D eigenvalue weighted by molar-refractivity contribution is -0.152. The zero-order valence-corrected chi connectivity index (χ0v) is 11.7. The van der Waals surface area contributed by atoms with Crippen LogP contribution in [-0.4, -0.2) is 34.8 Å². The van der Waals surface area contributed by atoms with Crippen LogP contribution in [0.4, 0.5) is 13.2 Å². The van der Waals surface area contributed by atoms with E-state index >= 15 is 0 Å². The standard InChI is InChI=1S/C11H18F3NO3S/c1-3-10(4-2,9(17)18)7-8(16)15-5-6-19-11(12,13)14/h3-7H2,1-2H3,(H,15,16)(H,17,18). The number of carboxylic acid groups (broad SMARTS) is 1. The third-order valence-electron chi connectivity index (χ3n) is 3.00. The van der Waals surface area contributed by atoms with Crippen LogP contribution >= 0.6 is 11.8 Å². The van der Waals surface area contributed by atoms with Gasteiger partial charge < -0.3 is 10.4 Å². The molecule has 0 rings (SSSR count). The number of amides is 1. The number of thioether (sulfide) groups is 1. The molecule has 0 atom stereocenters. The van der Waals surface area contributed by atoms with Crippen LogP contribution in [0.25, 0.3) is 0 Å². The van der Waals surface area contributed by atoms with Crippen LogP contribution in [0.5, 0.6) is 0 Å². The van der Waals surface area contributed by atoms with E-state index in [-0.39, 0.29) is 30.5 Å². The molecule has 0 spiro atoms. The fourth-order valence-electron chi connectivity index (χ4n) is 1.61. The van der Waals surface area contributed by atoms with Crippen LogP contribution in [0.3, 0.4) is 0 Å². The molecule has 0 aliphatic rings. The number of hydrogen-bond acceptors (Lipinski definition) is 3. The van der Waals surface area contributed by atoms with E-state index in [4.69, 9.17) is 5.11 Å². The summed E-state index contributed by atoms with van der Waals surface area (Å²) in [5.41, 5.74) is -5.45. The molecule has 4 nitrogen and oxygen atoms in total. The third kappa shape index (κ3) is 6.70. The van der Waals surface area contributed by atoms with Crippen molar-refractivity contribution in [2.24, 2.45) is 5.41 Å². The largest absolute Gasteiger partial charge is 0.481 e. The number of alkyl halides is 3. The molecule has 112 valence electrons. The molecule has 2 N–H and O–H groups in total. The number of hydrogen-bond donors (Lipinski definition) is 2. The summed E-state index contributed by atoms with van der Waals surface area (Å²) < 4.78 is 35.5. The first kappa shape index (κ1) is 18.1. The fraction of sp³-hybridized carbons (Fsp3) is 0.818. The summed E-state index contributed by atoms with van der Waals surface area (Å²) in [6.45, 7) is 3.21. The Bertz CT molecular complexity index is 317. The van der Waals surface area contributed by atoms with Gasteiger partial charge in [0.05, 0.1) is 5.41 Å². The monoisotopic (exact) mass is 301 g/mol. The maximum Gasteiger partial charge on any atom is 0.441 e. The third-order valence-corrected chi connectivity index (χ3v) is 3.73. The van der Waals surface area contributed by atoms with Crippen molar-refractivity contribution < 1.29 is 27.9 Å². The average Bonchev–Trinajstić information content (AvgIpc) is 2.30. The van der Waals surface area contributed by atoms with Crippen LogP contribution < -0.4 is 5.32 Å². The average molecular weight is 301 g/mol. The quantitative estimate of drug-likeness (QED) is 0.676. The van der Waals surface area contributed by atoms with Crippen molar-refractivity contribution in [3.63, 3.8) is 0 Å². The molecule has 0 fully saturated rings. The van der Waals surface area contributed by atoms with Gasteiger partial charge >= 0.3 is 11.5 Å². The number of nitrogens with one attached hydrogen (secondary N) is 1. The van der Waals surface area contributed by atoms with Gasteiger partial charge in [0.15, 0.2) is 0 Å². The Kier molecular flexibility index (Phi) is 7.25. The van der Waals surface area contributed by atoms with Crippen molar-refractivity contribution in [2.75, 3.05) is 12.3 Å². The highest BCUT2D eigenvalue weighted by molar-refractivity contribution is 8.00. The summed E-state index contributed by atoms with van der Waals surface area (Å²) >= 11 is -0.220. The minimum atomic E-state index is -4.32. The highest BCUT2D eigenvalue weighted by Gasteiger charge is 2.37. The smallest absolute Gasteiger partial charge is 0.441 e. The van der Waals surface area contributed by atoms with E-state index in [0.29, 0.717) is 12.8 Å². The van der Waals surface area contributed by atoms with Crippen molar-refractivity contribution in [2.45, 2.75) is 38.6 Å². The normalized spacial score (nSPS) is 12.3. The van der Waals surface area contributed by atoms with E-state index in [1.165, 1.54) is 0 Å². The summed E-state index contributed by atoms with van der Waals surface area (Å²) in [5.74, 6) is -1.88. The van der Waals surface area contributed by atoms with Crippen molar-refractivity contribution in [1.82, 2.24) is 5.32 Å². The van der Waals surface area contributed by atoms with Gasteiger partial charge in [-0.15, -0.1) is 0 Å². The van der Waals surface area contributed by atoms with E-state index in [2.05, 4.69) is 5.32 Å². The number of aliphatic carboxylic acids is 1. The summed E-state index contributed by atoms with van der Waals surface area (Å²) in [4.78, 5) is 22.7. The van der Waals surface area contributed by atoms with Gasteiger partial charge in [0.1, 0.15) is 0 Å². The topological polar surface area (TPSA) is 66.4 Å². The molecule has 0 radical (unpaired) electrons. The fourth-order valence-corrected chi connectivity index (χ4v) is 2.04. The Hall–Kier alpha value is -0.920. The summed E-state index contributed by atoms with van der Waals surface area (Å²) in [7, 11) is 0. The number of carbonyl (C=O) groups is 2. The van der Waals surface area contributed by atoms with Gasteiger partial charge in [-0.2, -0.15) is 13.2 Å². The lowest BCUT2D eigenvalue weighted by atomic mass is 9.79. The first-order valence-electron chi connectivity index (χ1n) is 5.87. The van der Waals surface area contributed by atoms with E-state index in [9.17, 15) is 22.8 Å². The van der Waals surface area contributed by atoms with Crippen molar-refractivity contribution >= 4 is 23.6 Å². The molecule has 0 aliphatic carbocycles. The van der Waals surface area contributed by atoms with Gasteiger partial charge in [0, 0.05) is 18.7 Å². The lowest BCUT2D eigenvalue weighted by Crippen LogP contribution is -2.37. The van der Waals surface area contributed by atoms with Crippen molar-refractivity contribution in [3.8, 4) is 0 Å². The molecule has 0 aromatic carbocycles. The second-order valence-corrected chi connectivity index (χ2v) is 5.27. The Labute approximate surface area is 114 Å². The summed E-state index contributed by atoms with van der Waals surface area (Å²) in [6, 6.07) is 0. The SMILES string of the molecule is CCC(CC)(CC(=O)NCCSC(F)(F)F)C(=O)O. The second kappa shape index (κ2) is 7.62. The number of carbonyl (C=O) groups excluding carboxylic acids is 1. The molecule has 8 heteroatoms. The maximum absolute atomic E-state index is 11.8. The van der Waals surface area contributed by atoms with Crippen LogP contribution in [0, 0.1) is 5.41 Å². The van der Waals surface area contributed by atoms with Gasteiger partial charge in [-0.25, -0.2) is 0 Å². The predicted molar refractivity (Wildman–Crippen MR) is 66.8 cm³/mol. The first-order valence-corrected chi connectivity index (χ1v) is 6.86. The maximum atomic E-state index is 11.8. The molecule has 19 heavy (non-hydrogen) atoms. The van der Waals surface area contributed by atoms with E-state index in [1.54, 1.807) is 13.8 Å². The Morgan fingerprint density at radius 2 is 1.74 bits per heavy atom. The molecule has 0 aliphatic heterocycles. The summed E-state index contributed by atoms with van der Waals surface area (Å²) in [5, 5.41) is 11.4. The molecule has 0 saturated heterocycles. The van der Waals surface area contributed by atoms with E-state index in [0.717, 1.165) is 0 Å². The number of halogens is 3. The van der Waals surface area contributed by atoms with Gasteiger partial charge in [-0.3, -0.25) is 9.59 Å². The van der Waals surface area contributed by atoms with Gasteiger partial charge in [0.25, 0.3) is 0 Å². The summed E-state index contributed by atoms with van der Waals surface area (Å²) in [6.07, 6.45) is 0.374. The Morgan fingerprint density at radius 1 is 1.21 bits per heavy atom. The second-order valence-electron chi connectivity index (χ2n) is 4.11. The van der Waals surface area contributed by atoms with E-state index < -0.39 is 22.8 Å². The molecular formula is C11H18F3NO3S. The molecule has 0 unspecified atom stereocenters. The zero-order chi connectivity index (χ0) is 15.1. The number of carboxylic acids is 1. The first-order chi connectivity index (χ1) is 8.67. The molecular weight excluding hydrogens is 283 g/mol. The van der Waals surface area contributed by atoms with Crippen LogP contribution in [0.1, 0.15) is 33.1 Å².